The summed E-state index contributed by atoms with van der Waals surface area (Å²) in [6.07, 6.45) is -2.22. The lowest BCUT2D eigenvalue weighted by Gasteiger charge is -2.42. The molecular formula is C36H47N5O4. The second-order valence-corrected chi connectivity index (χ2v) is 13.0. The van der Waals surface area contributed by atoms with E-state index >= 15 is 0 Å². The molecule has 1 aliphatic carbocycles. The molecule has 9 nitrogen and oxygen atoms in total. The summed E-state index contributed by atoms with van der Waals surface area (Å²) in [5.74, 6) is -1.38. The van der Waals surface area contributed by atoms with Gasteiger partial charge in [-0.3, -0.25) is 24.4 Å². The summed E-state index contributed by atoms with van der Waals surface area (Å²) in [4.78, 5) is 34.4. The Kier molecular flexibility index (Phi) is 8.31. The van der Waals surface area contributed by atoms with E-state index in [1.165, 1.54) is 4.90 Å². The molecule has 2 heterocycles. The van der Waals surface area contributed by atoms with Crippen LogP contribution in [0.2, 0.25) is 0 Å². The smallest absolute Gasteiger partial charge is 0.239 e. The van der Waals surface area contributed by atoms with Gasteiger partial charge in [-0.25, -0.2) is 0 Å². The molecule has 9 heteroatoms. The van der Waals surface area contributed by atoms with E-state index in [-0.39, 0.29) is 38.5 Å². The predicted molar refractivity (Wildman–Crippen MR) is 174 cm³/mol. The lowest BCUT2D eigenvalue weighted by Crippen LogP contribution is -2.61. The van der Waals surface area contributed by atoms with Crippen molar-refractivity contribution in [1.82, 2.24) is 25.4 Å². The van der Waals surface area contributed by atoms with Gasteiger partial charge in [0.15, 0.2) is 0 Å². The molecular weight excluding hydrogens is 566 g/mol. The molecule has 4 N–H and O–H groups in total. The molecule has 240 valence electrons. The molecule has 1 aliphatic heterocycles. The Morgan fingerprint density at radius 3 is 2.64 bits per heavy atom. The minimum atomic E-state index is -2.46. The number of nitrogens with zero attached hydrogens (tertiary/aromatic N) is 3. The highest BCUT2D eigenvalue weighted by Gasteiger charge is 2.37. The summed E-state index contributed by atoms with van der Waals surface area (Å²) in [7, 11) is 0. The van der Waals surface area contributed by atoms with Crippen LogP contribution >= 0.6 is 0 Å². The van der Waals surface area contributed by atoms with Gasteiger partial charge in [0.1, 0.15) is 6.04 Å². The summed E-state index contributed by atoms with van der Waals surface area (Å²) in [6, 6.07) is 14.3. The lowest BCUT2D eigenvalue weighted by molar-refractivity contribution is -0.132. The average molecular weight is 620 g/mol. The number of pyridine rings is 1. The van der Waals surface area contributed by atoms with Gasteiger partial charge < -0.3 is 20.8 Å². The molecule has 3 aromatic rings. The van der Waals surface area contributed by atoms with Gasteiger partial charge in [0.2, 0.25) is 11.8 Å². The van der Waals surface area contributed by atoms with Crippen molar-refractivity contribution in [2.45, 2.75) is 76.4 Å². The molecule has 0 radical (unpaired) electrons. The highest BCUT2D eigenvalue weighted by atomic mass is 16.3. The van der Waals surface area contributed by atoms with Crippen LogP contribution in [0.4, 0.5) is 0 Å². The van der Waals surface area contributed by atoms with Gasteiger partial charge in [-0.05, 0) is 61.9 Å². The van der Waals surface area contributed by atoms with Crippen LogP contribution in [0.1, 0.15) is 63.7 Å². The maximum atomic E-state index is 13.9. The first-order valence-electron chi connectivity index (χ1n) is 18.5. The van der Waals surface area contributed by atoms with Gasteiger partial charge in [-0.2, -0.15) is 0 Å². The summed E-state index contributed by atoms with van der Waals surface area (Å²) >= 11 is 0. The van der Waals surface area contributed by atoms with Crippen LogP contribution in [0.3, 0.4) is 0 Å². The number of nitrogens with one attached hydrogen (secondary N) is 2. The van der Waals surface area contributed by atoms with Gasteiger partial charge in [0.25, 0.3) is 0 Å². The minimum absolute atomic E-state index is 0.00583. The van der Waals surface area contributed by atoms with Gasteiger partial charge in [0.05, 0.1) is 23.7 Å². The zero-order valence-corrected chi connectivity index (χ0v) is 26.1. The maximum Gasteiger partial charge on any atom is 0.239 e. The minimum Gasteiger partial charge on any atom is -0.392 e. The fraction of sp³-hybridized carbons (Fsp3) is 0.472. The number of hydrogen-bond acceptors (Lipinski definition) is 7. The number of hydrogen-bond donors (Lipinski definition) is 4. The van der Waals surface area contributed by atoms with Gasteiger partial charge >= 0.3 is 0 Å². The van der Waals surface area contributed by atoms with E-state index in [0.29, 0.717) is 12.8 Å². The second-order valence-electron chi connectivity index (χ2n) is 13.0. The van der Waals surface area contributed by atoms with E-state index < -0.39 is 78.1 Å². The molecule has 2 aliphatic rings. The molecule has 0 spiro atoms. The van der Waals surface area contributed by atoms with Crippen LogP contribution in [0, 0.1) is 5.92 Å². The van der Waals surface area contributed by atoms with Crippen molar-refractivity contribution in [2.24, 2.45) is 5.92 Å². The first kappa shape index (κ1) is 25.5. The monoisotopic (exact) mass is 619 g/mol. The number of carbonyl (C=O) groups excluding carboxylic acids is 2. The highest BCUT2D eigenvalue weighted by Crippen LogP contribution is 2.32. The third-order valence-corrected chi connectivity index (χ3v) is 8.23. The molecule has 0 bridgehead atoms. The number of benzene rings is 2. The van der Waals surface area contributed by atoms with Gasteiger partial charge in [0, 0.05) is 65.6 Å². The van der Waals surface area contributed by atoms with Crippen molar-refractivity contribution in [1.29, 1.82) is 0 Å². The average Bonchev–Trinajstić information content (AvgIpc) is 3.37. The number of fused-ring (bicyclic) bond motifs is 1. The van der Waals surface area contributed by atoms with Crippen LogP contribution in [-0.4, -0.2) is 86.8 Å². The summed E-state index contributed by atoms with van der Waals surface area (Å²) in [5, 5.41) is 28.3. The van der Waals surface area contributed by atoms with Crippen LogP contribution in [0.15, 0.2) is 79.0 Å². The molecule has 0 saturated carbocycles. The van der Waals surface area contributed by atoms with Gasteiger partial charge in [-0.15, -0.1) is 0 Å². The van der Waals surface area contributed by atoms with Crippen molar-refractivity contribution >= 4 is 11.8 Å². The molecule has 5 atom stereocenters. The molecule has 1 fully saturated rings. The van der Waals surface area contributed by atoms with Crippen LogP contribution in [-0.2, 0) is 28.9 Å². The summed E-state index contributed by atoms with van der Waals surface area (Å²) in [5.41, 5.74) is 1.67. The summed E-state index contributed by atoms with van der Waals surface area (Å²) < 4.78 is 50.2. The first-order chi connectivity index (χ1) is 24.0. The quantitative estimate of drug-likeness (QED) is 0.261. The van der Waals surface area contributed by atoms with E-state index in [4.69, 9.17) is 8.22 Å². The van der Waals surface area contributed by atoms with Crippen LogP contribution in [0.5, 0.6) is 0 Å². The second kappa shape index (κ2) is 14.6. The zero-order chi connectivity index (χ0) is 37.2. The molecule has 45 heavy (non-hydrogen) atoms. The molecule has 1 saturated heterocycles. The lowest BCUT2D eigenvalue weighted by atomic mass is 9.91. The molecule has 0 unspecified atom stereocenters. The number of β-amino-alcohol motifs (C(OH)–C–C–N with tert-alkyl or cyclic N) is 1. The Bertz CT molecular complexity index is 1730. The number of aliphatic hydroxyl groups excluding tert-OH is 2. The Labute approximate surface area is 275 Å². The normalized spacial score (nSPS) is 24.2. The van der Waals surface area contributed by atoms with E-state index in [9.17, 15) is 19.8 Å². The number of amides is 2. The van der Waals surface area contributed by atoms with Crippen LogP contribution in [0.25, 0.3) is 0 Å². The third-order valence-electron chi connectivity index (χ3n) is 8.23. The van der Waals surface area contributed by atoms with Crippen molar-refractivity contribution < 1.29 is 28.0 Å². The SMILES string of the molecule is [2H]c1nc([2H])c(C([2H])([2H])N2CCN(C[C@@H](O)C[C@H](Cc3ccccc3)C(=O)N[C@H]3c4ccccc4C[C@H]3O)[C@H](C(=O)NC(C)(C)C)C2)c([2H])c1[2H]. The van der Waals surface area contributed by atoms with Gasteiger partial charge in [-0.1, -0.05) is 60.6 Å². The van der Waals surface area contributed by atoms with E-state index in [2.05, 4.69) is 15.6 Å². The van der Waals surface area contributed by atoms with E-state index in [1.807, 2.05) is 75.4 Å². The number of carbonyl (C=O) groups is 2. The molecule has 5 rings (SSSR count). The maximum absolute atomic E-state index is 13.9. The number of rotatable bonds is 11. The Hall–Kier alpha value is -3.63. The summed E-state index contributed by atoms with van der Waals surface area (Å²) in [6.45, 7) is 3.03. The van der Waals surface area contributed by atoms with E-state index in [1.54, 1.807) is 4.90 Å². The third kappa shape index (κ3) is 8.98. The number of aromatic nitrogens is 1. The molecule has 2 amide bonds. The predicted octanol–water partition coefficient (Wildman–Crippen LogP) is 2.87. The largest absolute Gasteiger partial charge is 0.392 e. The standard InChI is InChI=1S/C36H47N5O4/c1-36(2,3)39-35(45)31-24-40(22-26-12-9-15-37-21-26)16-17-41(31)23-29(42)19-28(18-25-10-5-4-6-11-25)34(44)38-33-30-14-8-7-13-27(30)20-32(33)43/h4-15,21,28-29,31-33,42-43H,16-20,22-24H2,1-3H3,(H,38,44)(H,39,45)/t28-,29-,31-,32+,33-/m0/s1/i9D,12D,15D,21D,22D2. The Morgan fingerprint density at radius 1 is 1.11 bits per heavy atom. The van der Waals surface area contributed by atoms with Crippen molar-refractivity contribution in [3.05, 3.63) is 101 Å². The fourth-order valence-electron chi connectivity index (χ4n) is 6.16. The Balaban J connectivity index is 1.36. The van der Waals surface area contributed by atoms with E-state index in [0.717, 1.165) is 16.7 Å². The first-order valence-corrected chi connectivity index (χ1v) is 15.5. The van der Waals surface area contributed by atoms with Crippen molar-refractivity contribution in [2.75, 3.05) is 26.2 Å². The molecule has 1 aromatic heterocycles. The van der Waals surface area contributed by atoms with Crippen molar-refractivity contribution in [3.63, 3.8) is 0 Å². The van der Waals surface area contributed by atoms with Crippen molar-refractivity contribution in [3.8, 4) is 0 Å². The molecule has 2 aromatic carbocycles. The topological polar surface area (TPSA) is 118 Å². The number of piperazine rings is 1. The zero-order valence-electron chi connectivity index (χ0n) is 32.1. The number of aliphatic hydroxyl groups is 2. The highest BCUT2D eigenvalue weighted by molar-refractivity contribution is 5.83. The Morgan fingerprint density at radius 2 is 1.87 bits per heavy atom. The van der Waals surface area contributed by atoms with Crippen LogP contribution < -0.4 is 10.6 Å². The fourth-order valence-corrected chi connectivity index (χ4v) is 6.16.